The molecule has 0 spiro atoms. The van der Waals surface area contributed by atoms with Crippen LogP contribution < -0.4 is 5.32 Å². The lowest BCUT2D eigenvalue weighted by atomic mass is 9.97. The summed E-state index contributed by atoms with van der Waals surface area (Å²) < 4.78 is 27.0. The maximum atomic E-state index is 13.7. The molecule has 0 amide bonds. The monoisotopic (exact) mass is 276 g/mol. The molecule has 0 fully saturated rings. The molecule has 0 bridgehead atoms. The Kier molecular flexibility index (Phi) is 4.45. The minimum atomic E-state index is -0.421. The molecule has 1 unspecified atom stereocenters. The zero-order valence-electron chi connectivity index (χ0n) is 11.9. The number of nitrogens with zero attached hydrogens (tertiary/aromatic N) is 1. The summed E-state index contributed by atoms with van der Waals surface area (Å²) in [5.41, 5.74) is 3.21. The van der Waals surface area contributed by atoms with Crippen LogP contribution in [0.2, 0.25) is 0 Å². The highest BCUT2D eigenvalue weighted by Gasteiger charge is 2.16. The normalized spacial score (nSPS) is 12.4. The smallest absolute Gasteiger partial charge is 0.126 e. The highest BCUT2D eigenvalue weighted by Crippen LogP contribution is 2.22. The zero-order chi connectivity index (χ0) is 14.7. The van der Waals surface area contributed by atoms with Crippen molar-refractivity contribution in [3.63, 3.8) is 0 Å². The van der Waals surface area contributed by atoms with E-state index in [9.17, 15) is 8.78 Å². The second-order valence-corrected chi connectivity index (χ2v) is 4.91. The molecule has 1 heterocycles. The van der Waals surface area contributed by atoms with Gasteiger partial charge in [0.1, 0.15) is 11.6 Å². The fraction of sp³-hybridized carbons (Fsp3) is 0.312. The van der Waals surface area contributed by atoms with Gasteiger partial charge in [0.15, 0.2) is 0 Å². The van der Waals surface area contributed by atoms with Crippen molar-refractivity contribution in [2.45, 2.75) is 26.3 Å². The molecule has 0 aliphatic heterocycles. The number of nitrogens with one attached hydrogen (secondary N) is 1. The lowest BCUT2D eigenvalue weighted by Crippen LogP contribution is -2.21. The van der Waals surface area contributed by atoms with E-state index in [1.807, 2.05) is 26.0 Å². The van der Waals surface area contributed by atoms with Gasteiger partial charge in [0.25, 0.3) is 0 Å². The molecule has 0 aliphatic carbocycles. The van der Waals surface area contributed by atoms with Crippen molar-refractivity contribution >= 4 is 0 Å². The van der Waals surface area contributed by atoms with E-state index in [-0.39, 0.29) is 11.9 Å². The third kappa shape index (κ3) is 3.20. The summed E-state index contributed by atoms with van der Waals surface area (Å²) in [6.07, 6.45) is 0.381. The number of halogens is 2. The standard InChI is InChI=1S/C16H18F2N2/c1-10-4-6-14(11(2)20-10)16(19-3)9-12-8-13(17)5-7-15(12)18/h4-8,16,19H,9H2,1-3H3. The fourth-order valence-corrected chi connectivity index (χ4v) is 2.35. The van der Waals surface area contributed by atoms with E-state index >= 15 is 0 Å². The van der Waals surface area contributed by atoms with Crippen molar-refractivity contribution in [1.29, 1.82) is 0 Å². The van der Waals surface area contributed by atoms with Gasteiger partial charge in [-0.15, -0.1) is 0 Å². The van der Waals surface area contributed by atoms with Crippen LogP contribution in [0.4, 0.5) is 8.78 Å². The molecule has 4 heteroatoms. The largest absolute Gasteiger partial charge is 0.313 e. The Labute approximate surface area is 117 Å². The second kappa shape index (κ2) is 6.09. The van der Waals surface area contributed by atoms with Crippen LogP contribution in [0.25, 0.3) is 0 Å². The predicted molar refractivity (Wildman–Crippen MR) is 75.6 cm³/mol. The van der Waals surface area contributed by atoms with E-state index in [2.05, 4.69) is 10.3 Å². The lowest BCUT2D eigenvalue weighted by Gasteiger charge is -2.19. The minimum absolute atomic E-state index is 0.0978. The number of hydrogen-bond donors (Lipinski definition) is 1. The predicted octanol–water partition coefficient (Wildman–Crippen LogP) is 3.48. The molecular formula is C16H18F2N2. The van der Waals surface area contributed by atoms with Gasteiger partial charge in [-0.25, -0.2) is 8.78 Å². The van der Waals surface area contributed by atoms with Crippen LogP contribution in [0.1, 0.15) is 28.6 Å². The summed E-state index contributed by atoms with van der Waals surface area (Å²) in [6, 6.07) is 7.35. The first-order valence-corrected chi connectivity index (χ1v) is 6.56. The van der Waals surface area contributed by atoms with Crippen molar-refractivity contribution in [1.82, 2.24) is 10.3 Å². The fourth-order valence-electron chi connectivity index (χ4n) is 2.35. The van der Waals surface area contributed by atoms with Crippen LogP contribution in [0.5, 0.6) is 0 Å². The van der Waals surface area contributed by atoms with E-state index in [0.29, 0.717) is 12.0 Å². The SMILES string of the molecule is CNC(Cc1cc(F)ccc1F)c1ccc(C)nc1C. The van der Waals surface area contributed by atoms with Gasteiger partial charge in [0.05, 0.1) is 0 Å². The Morgan fingerprint density at radius 1 is 1.15 bits per heavy atom. The number of benzene rings is 1. The Bertz CT molecular complexity index is 611. The Morgan fingerprint density at radius 2 is 1.90 bits per heavy atom. The summed E-state index contributed by atoms with van der Waals surface area (Å²) in [5.74, 6) is -0.806. The third-order valence-corrected chi connectivity index (χ3v) is 3.42. The van der Waals surface area contributed by atoms with Gasteiger partial charge in [-0.1, -0.05) is 6.07 Å². The van der Waals surface area contributed by atoms with Gasteiger partial charge >= 0.3 is 0 Å². The van der Waals surface area contributed by atoms with Crippen molar-refractivity contribution in [3.8, 4) is 0 Å². The second-order valence-electron chi connectivity index (χ2n) is 4.91. The maximum Gasteiger partial charge on any atom is 0.126 e. The van der Waals surface area contributed by atoms with Gasteiger partial charge in [-0.05, 0) is 62.7 Å². The summed E-state index contributed by atoms with van der Waals surface area (Å²) in [5, 5.41) is 3.14. The van der Waals surface area contributed by atoms with E-state index < -0.39 is 5.82 Å². The van der Waals surface area contributed by atoms with Gasteiger partial charge in [-0.2, -0.15) is 0 Å². The first kappa shape index (κ1) is 14.6. The maximum absolute atomic E-state index is 13.7. The molecule has 0 aliphatic rings. The van der Waals surface area contributed by atoms with Crippen LogP contribution in [-0.4, -0.2) is 12.0 Å². The van der Waals surface area contributed by atoms with Crippen molar-refractivity contribution < 1.29 is 8.78 Å². The van der Waals surface area contributed by atoms with E-state index in [0.717, 1.165) is 29.1 Å². The number of aromatic nitrogens is 1. The average Bonchev–Trinajstić information content (AvgIpc) is 2.40. The van der Waals surface area contributed by atoms with E-state index in [4.69, 9.17) is 0 Å². The summed E-state index contributed by atoms with van der Waals surface area (Å²) >= 11 is 0. The molecule has 1 aromatic carbocycles. The number of aryl methyl sites for hydroxylation is 2. The number of pyridine rings is 1. The van der Waals surface area contributed by atoms with Crippen LogP contribution >= 0.6 is 0 Å². The van der Waals surface area contributed by atoms with Crippen LogP contribution in [0.15, 0.2) is 30.3 Å². The zero-order valence-corrected chi connectivity index (χ0v) is 11.9. The summed E-state index contributed by atoms with van der Waals surface area (Å²) in [4.78, 5) is 4.42. The topological polar surface area (TPSA) is 24.9 Å². The Morgan fingerprint density at radius 3 is 2.55 bits per heavy atom. The number of rotatable bonds is 4. The molecule has 2 rings (SSSR count). The van der Waals surface area contributed by atoms with Crippen LogP contribution in [-0.2, 0) is 6.42 Å². The Balaban J connectivity index is 2.31. The summed E-state index contributed by atoms with van der Waals surface area (Å²) in [6.45, 7) is 3.85. The minimum Gasteiger partial charge on any atom is -0.313 e. The molecule has 0 saturated heterocycles. The number of likely N-dealkylation sites (N-methyl/N-ethyl adjacent to an activating group) is 1. The van der Waals surface area contributed by atoms with Gasteiger partial charge in [0, 0.05) is 17.4 Å². The van der Waals surface area contributed by atoms with E-state index in [1.165, 1.54) is 6.07 Å². The highest BCUT2D eigenvalue weighted by molar-refractivity contribution is 5.28. The first-order valence-electron chi connectivity index (χ1n) is 6.56. The molecule has 2 nitrogen and oxygen atoms in total. The molecule has 1 atom stereocenters. The van der Waals surface area contributed by atoms with E-state index in [1.54, 1.807) is 7.05 Å². The molecule has 0 radical (unpaired) electrons. The van der Waals surface area contributed by atoms with Crippen molar-refractivity contribution in [3.05, 3.63) is 64.5 Å². The van der Waals surface area contributed by atoms with Gasteiger partial charge in [-0.3, -0.25) is 4.98 Å². The first-order chi connectivity index (χ1) is 9.51. The molecule has 2 aromatic rings. The molecule has 1 N–H and O–H groups in total. The molecular weight excluding hydrogens is 258 g/mol. The molecule has 106 valence electrons. The molecule has 20 heavy (non-hydrogen) atoms. The third-order valence-electron chi connectivity index (χ3n) is 3.42. The Hall–Kier alpha value is -1.81. The molecule has 0 saturated carbocycles. The van der Waals surface area contributed by atoms with Crippen LogP contribution in [0.3, 0.4) is 0 Å². The van der Waals surface area contributed by atoms with Gasteiger partial charge in [0.2, 0.25) is 0 Å². The highest BCUT2D eigenvalue weighted by atomic mass is 19.1. The van der Waals surface area contributed by atoms with Crippen molar-refractivity contribution in [2.75, 3.05) is 7.05 Å². The van der Waals surface area contributed by atoms with Crippen molar-refractivity contribution in [2.24, 2.45) is 0 Å². The van der Waals surface area contributed by atoms with Gasteiger partial charge < -0.3 is 5.32 Å². The lowest BCUT2D eigenvalue weighted by molar-refractivity contribution is 0.541. The molecule has 1 aromatic heterocycles. The average molecular weight is 276 g/mol. The number of hydrogen-bond acceptors (Lipinski definition) is 2. The summed E-state index contributed by atoms with van der Waals surface area (Å²) in [7, 11) is 1.81. The quantitative estimate of drug-likeness (QED) is 0.924. The van der Waals surface area contributed by atoms with Crippen LogP contribution in [0, 0.1) is 25.5 Å².